The van der Waals surface area contributed by atoms with Crippen LogP contribution in [0, 0.1) is 6.92 Å². The predicted molar refractivity (Wildman–Crippen MR) is 98.4 cm³/mol. The van der Waals surface area contributed by atoms with Crippen LogP contribution in [0.5, 0.6) is 0 Å². The number of hydrogen-bond donors (Lipinski definition) is 2. The summed E-state index contributed by atoms with van der Waals surface area (Å²) in [6.45, 7) is 2.54. The molecular weight excluding hydrogens is 318 g/mol. The van der Waals surface area contributed by atoms with Gasteiger partial charge >= 0.3 is 0 Å². The average Bonchev–Trinajstić information content (AvgIpc) is 3.16. The van der Waals surface area contributed by atoms with Gasteiger partial charge in [0.2, 0.25) is 0 Å². The maximum absolute atomic E-state index is 12.5. The predicted octanol–water partition coefficient (Wildman–Crippen LogP) is 3.61. The lowest BCUT2D eigenvalue weighted by Gasteiger charge is -2.05. The third kappa shape index (κ3) is 2.65. The van der Waals surface area contributed by atoms with Gasteiger partial charge in [-0.2, -0.15) is 0 Å². The third-order valence-electron chi connectivity index (χ3n) is 4.53. The number of amides is 1. The Kier molecular flexibility index (Phi) is 3.73. The van der Waals surface area contributed by atoms with Gasteiger partial charge in [-0.25, -0.2) is 4.98 Å². The summed E-state index contributed by atoms with van der Waals surface area (Å²) >= 11 is 1.39. The first-order valence-corrected chi connectivity index (χ1v) is 8.98. The molecule has 3 N–H and O–H groups in total. The van der Waals surface area contributed by atoms with Crippen LogP contribution in [-0.4, -0.2) is 10.9 Å². The Balaban J connectivity index is 1.58. The molecule has 0 radical (unpaired) electrons. The average molecular weight is 337 g/mol. The number of nitrogens with two attached hydrogens (primary N) is 1. The lowest BCUT2D eigenvalue weighted by molar-refractivity contribution is 0.0956. The number of anilines is 1. The molecule has 1 amide bonds. The maximum Gasteiger partial charge on any atom is 0.263 e. The van der Waals surface area contributed by atoms with E-state index in [-0.39, 0.29) is 5.91 Å². The number of thiophene rings is 1. The Morgan fingerprint density at radius 3 is 2.88 bits per heavy atom. The van der Waals surface area contributed by atoms with Crippen molar-refractivity contribution in [2.75, 3.05) is 5.73 Å². The van der Waals surface area contributed by atoms with Gasteiger partial charge in [0, 0.05) is 17.6 Å². The maximum atomic E-state index is 12.5. The summed E-state index contributed by atoms with van der Waals surface area (Å²) < 4.78 is 0. The molecule has 3 aromatic rings. The molecule has 0 unspecified atom stereocenters. The fourth-order valence-electron chi connectivity index (χ4n) is 3.14. The number of carbonyl (C=O) groups excluding carboxylic acids is 1. The van der Waals surface area contributed by atoms with Gasteiger partial charge in [-0.1, -0.05) is 29.8 Å². The molecule has 0 bridgehead atoms. The second kappa shape index (κ2) is 5.91. The highest BCUT2D eigenvalue weighted by Crippen LogP contribution is 2.35. The number of pyridine rings is 1. The minimum Gasteiger partial charge on any atom is -0.397 e. The first-order valence-electron chi connectivity index (χ1n) is 8.16. The van der Waals surface area contributed by atoms with Crippen molar-refractivity contribution in [3.8, 4) is 0 Å². The molecular formula is C19H19N3OS. The Labute approximate surface area is 144 Å². The molecule has 1 aromatic carbocycles. The molecule has 5 heteroatoms. The van der Waals surface area contributed by atoms with Crippen molar-refractivity contribution in [1.82, 2.24) is 10.3 Å². The fourth-order valence-corrected chi connectivity index (χ4v) is 4.15. The molecule has 0 spiro atoms. The Morgan fingerprint density at radius 2 is 2.08 bits per heavy atom. The van der Waals surface area contributed by atoms with E-state index in [9.17, 15) is 4.79 Å². The molecule has 0 saturated carbocycles. The van der Waals surface area contributed by atoms with Gasteiger partial charge in [0.1, 0.15) is 9.71 Å². The lowest BCUT2D eigenvalue weighted by Crippen LogP contribution is -2.22. The van der Waals surface area contributed by atoms with E-state index in [1.165, 1.54) is 22.5 Å². The van der Waals surface area contributed by atoms with E-state index in [0.29, 0.717) is 17.1 Å². The van der Waals surface area contributed by atoms with E-state index < -0.39 is 0 Å². The second-order valence-electron chi connectivity index (χ2n) is 6.31. The van der Waals surface area contributed by atoms with Gasteiger partial charge < -0.3 is 11.1 Å². The summed E-state index contributed by atoms with van der Waals surface area (Å²) in [6.07, 6.45) is 3.24. The van der Waals surface area contributed by atoms with Gasteiger partial charge in [0.05, 0.1) is 5.69 Å². The standard InChI is InChI=1S/C19H19N3OS/c1-11-5-7-12(8-6-11)10-21-18(23)17-16(20)14-9-13-3-2-4-15(13)22-19(14)24-17/h5-9H,2-4,10,20H2,1H3,(H,21,23). The molecule has 0 aliphatic heterocycles. The third-order valence-corrected chi connectivity index (χ3v) is 5.64. The van der Waals surface area contributed by atoms with E-state index in [0.717, 1.165) is 40.7 Å². The second-order valence-corrected chi connectivity index (χ2v) is 7.31. The van der Waals surface area contributed by atoms with Crippen LogP contribution in [-0.2, 0) is 19.4 Å². The van der Waals surface area contributed by atoms with E-state index in [1.54, 1.807) is 0 Å². The zero-order valence-electron chi connectivity index (χ0n) is 13.6. The number of nitrogen functional groups attached to an aromatic ring is 1. The smallest absolute Gasteiger partial charge is 0.263 e. The fraction of sp³-hybridized carbons (Fsp3) is 0.263. The molecule has 2 heterocycles. The normalized spacial score (nSPS) is 13.2. The molecule has 24 heavy (non-hydrogen) atoms. The molecule has 1 aliphatic rings. The zero-order valence-corrected chi connectivity index (χ0v) is 14.4. The molecule has 122 valence electrons. The number of nitrogens with one attached hydrogen (secondary N) is 1. The lowest BCUT2D eigenvalue weighted by atomic mass is 10.1. The Bertz CT molecular complexity index is 928. The van der Waals surface area contributed by atoms with E-state index in [1.807, 2.05) is 31.2 Å². The van der Waals surface area contributed by atoms with Gasteiger partial charge in [-0.05, 0) is 43.4 Å². The quantitative estimate of drug-likeness (QED) is 0.767. The molecule has 0 saturated heterocycles. The number of fused-ring (bicyclic) bond motifs is 2. The van der Waals surface area contributed by atoms with Gasteiger partial charge in [-0.3, -0.25) is 4.79 Å². The van der Waals surface area contributed by atoms with Crippen LogP contribution in [0.1, 0.15) is 38.5 Å². The minimum absolute atomic E-state index is 0.128. The molecule has 2 aromatic heterocycles. The van der Waals surface area contributed by atoms with E-state index in [4.69, 9.17) is 10.7 Å². The molecule has 1 aliphatic carbocycles. The number of nitrogens with zero attached hydrogens (tertiary/aromatic N) is 1. The van der Waals surface area contributed by atoms with Gasteiger partial charge in [0.25, 0.3) is 5.91 Å². The van der Waals surface area contributed by atoms with Crippen molar-refractivity contribution >= 4 is 33.1 Å². The number of benzene rings is 1. The summed E-state index contributed by atoms with van der Waals surface area (Å²) in [5, 5.41) is 3.88. The highest BCUT2D eigenvalue weighted by atomic mass is 32.1. The van der Waals surface area contributed by atoms with Crippen molar-refractivity contribution in [3.63, 3.8) is 0 Å². The van der Waals surface area contributed by atoms with Crippen LogP contribution in [0.25, 0.3) is 10.2 Å². The Morgan fingerprint density at radius 1 is 1.29 bits per heavy atom. The highest BCUT2D eigenvalue weighted by molar-refractivity contribution is 7.21. The molecule has 4 nitrogen and oxygen atoms in total. The van der Waals surface area contributed by atoms with Crippen LogP contribution in [0.15, 0.2) is 30.3 Å². The van der Waals surface area contributed by atoms with Crippen LogP contribution in [0.3, 0.4) is 0 Å². The number of aryl methyl sites for hydroxylation is 3. The zero-order chi connectivity index (χ0) is 16.7. The summed E-state index contributed by atoms with van der Waals surface area (Å²) in [7, 11) is 0. The number of carbonyl (C=O) groups is 1. The van der Waals surface area contributed by atoms with Gasteiger partial charge in [0.15, 0.2) is 0 Å². The van der Waals surface area contributed by atoms with E-state index >= 15 is 0 Å². The highest BCUT2D eigenvalue weighted by Gasteiger charge is 2.20. The largest absolute Gasteiger partial charge is 0.397 e. The first-order chi connectivity index (χ1) is 11.6. The minimum atomic E-state index is -0.128. The summed E-state index contributed by atoms with van der Waals surface area (Å²) in [5.74, 6) is -0.128. The number of aromatic nitrogens is 1. The number of rotatable bonds is 3. The van der Waals surface area contributed by atoms with Crippen molar-refractivity contribution in [2.24, 2.45) is 0 Å². The molecule has 0 fully saturated rings. The van der Waals surface area contributed by atoms with Crippen molar-refractivity contribution in [3.05, 3.63) is 57.6 Å². The van der Waals surface area contributed by atoms with Crippen LogP contribution in [0.4, 0.5) is 5.69 Å². The SMILES string of the molecule is Cc1ccc(CNC(=O)c2sc3nc4c(cc3c2N)CCC4)cc1. The van der Waals surface area contributed by atoms with E-state index in [2.05, 4.69) is 11.4 Å². The van der Waals surface area contributed by atoms with Crippen molar-refractivity contribution in [1.29, 1.82) is 0 Å². The summed E-state index contributed by atoms with van der Waals surface area (Å²) in [6, 6.07) is 10.3. The topological polar surface area (TPSA) is 68.0 Å². The van der Waals surface area contributed by atoms with Crippen LogP contribution in [0.2, 0.25) is 0 Å². The Hall–Kier alpha value is -2.40. The number of hydrogen-bond acceptors (Lipinski definition) is 4. The van der Waals surface area contributed by atoms with Crippen molar-refractivity contribution in [2.45, 2.75) is 32.7 Å². The summed E-state index contributed by atoms with van der Waals surface area (Å²) in [4.78, 5) is 18.7. The van der Waals surface area contributed by atoms with Gasteiger partial charge in [-0.15, -0.1) is 11.3 Å². The molecule has 4 rings (SSSR count). The monoisotopic (exact) mass is 337 g/mol. The first kappa shape index (κ1) is 15.1. The van der Waals surface area contributed by atoms with Crippen LogP contribution >= 0.6 is 11.3 Å². The van der Waals surface area contributed by atoms with Crippen LogP contribution < -0.4 is 11.1 Å². The van der Waals surface area contributed by atoms with Crippen molar-refractivity contribution < 1.29 is 4.79 Å². The summed E-state index contributed by atoms with van der Waals surface area (Å²) in [5.41, 5.74) is 11.5. The molecule has 0 atom stereocenters.